The molecule has 0 aliphatic carbocycles. The third kappa shape index (κ3) is 3.63. The van der Waals surface area contributed by atoms with Gasteiger partial charge >= 0.3 is 0 Å². The minimum Gasteiger partial charge on any atom is -0.496 e. The number of hydrogen-bond acceptors (Lipinski definition) is 2. The van der Waals surface area contributed by atoms with Crippen LogP contribution >= 0.6 is 15.9 Å². The molecule has 1 unspecified atom stereocenters. The minimum absolute atomic E-state index is 0.302. The zero-order chi connectivity index (χ0) is 15.6. The summed E-state index contributed by atoms with van der Waals surface area (Å²) < 4.78 is 19.7. The lowest BCUT2D eigenvalue weighted by Crippen LogP contribution is -2.24. The van der Waals surface area contributed by atoms with E-state index in [0.717, 1.165) is 15.8 Å². The largest absolute Gasteiger partial charge is 0.496 e. The molecule has 0 spiro atoms. The normalized spacial score (nSPS) is 13.8. The lowest BCUT2D eigenvalue weighted by atomic mass is 9.88. The van der Waals surface area contributed by atoms with Crippen molar-refractivity contribution in [2.24, 2.45) is 0 Å². The van der Waals surface area contributed by atoms with Crippen LogP contribution in [0.1, 0.15) is 23.6 Å². The summed E-state index contributed by atoms with van der Waals surface area (Å²) >= 11 is 3.43. The van der Waals surface area contributed by atoms with Gasteiger partial charge in [-0.1, -0.05) is 18.2 Å². The summed E-state index contributed by atoms with van der Waals surface area (Å²) in [4.78, 5) is 0. The van der Waals surface area contributed by atoms with Gasteiger partial charge in [0.1, 0.15) is 11.6 Å². The molecule has 2 rings (SSSR count). The molecule has 112 valence electrons. The van der Waals surface area contributed by atoms with Crippen LogP contribution < -0.4 is 4.74 Å². The van der Waals surface area contributed by atoms with Gasteiger partial charge in [-0.05, 0) is 64.7 Å². The maximum Gasteiger partial charge on any atom is 0.133 e. The molecule has 0 bridgehead atoms. The Morgan fingerprint density at radius 1 is 1.24 bits per heavy atom. The van der Waals surface area contributed by atoms with Crippen LogP contribution in [0.5, 0.6) is 5.75 Å². The Labute approximate surface area is 132 Å². The molecule has 0 heterocycles. The number of halogens is 2. The number of methoxy groups -OCH3 is 1. The second-order valence-electron chi connectivity index (χ2n) is 5.38. The van der Waals surface area contributed by atoms with Gasteiger partial charge in [0.25, 0.3) is 0 Å². The monoisotopic (exact) mass is 352 g/mol. The maximum absolute atomic E-state index is 13.7. The molecule has 0 radical (unpaired) electrons. The number of aliphatic hydroxyl groups is 1. The molecule has 1 N–H and O–H groups in total. The van der Waals surface area contributed by atoms with Crippen LogP contribution in [0.15, 0.2) is 40.9 Å². The van der Waals surface area contributed by atoms with Crippen LogP contribution in [-0.4, -0.2) is 12.2 Å². The SMILES string of the molecule is COc1ccc(CC(C)(O)c2ccc(C)c(F)c2)cc1Br. The Kier molecular flexibility index (Phi) is 4.69. The molecule has 0 saturated carbocycles. The number of benzene rings is 2. The van der Waals surface area contributed by atoms with Crippen molar-refractivity contribution < 1.29 is 14.2 Å². The lowest BCUT2D eigenvalue weighted by Gasteiger charge is -2.24. The van der Waals surface area contributed by atoms with Crippen molar-refractivity contribution in [3.05, 3.63) is 63.4 Å². The van der Waals surface area contributed by atoms with Gasteiger partial charge in [-0.3, -0.25) is 0 Å². The van der Waals surface area contributed by atoms with E-state index in [4.69, 9.17) is 4.74 Å². The summed E-state index contributed by atoms with van der Waals surface area (Å²) in [6.45, 7) is 3.39. The van der Waals surface area contributed by atoms with Crippen molar-refractivity contribution in [3.8, 4) is 5.75 Å². The Bertz CT molecular complexity index is 653. The predicted molar refractivity (Wildman–Crippen MR) is 85.1 cm³/mol. The lowest BCUT2D eigenvalue weighted by molar-refractivity contribution is 0.0572. The average Bonchev–Trinajstić information content (AvgIpc) is 2.41. The fourth-order valence-electron chi connectivity index (χ4n) is 2.25. The molecular weight excluding hydrogens is 335 g/mol. The smallest absolute Gasteiger partial charge is 0.133 e. The summed E-state index contributed by atoms with van der Waals surface area (Å²) in [5, 5.41) is 10.7. The van der Waals surface area contributed by atoms with E-state index >= 15 is 0 Å². The zero-order valence-corrected chi connectivity index (χ0v) is 13.9. The maximum atomic E-state index is 13.7. The highest BCUT2D eigenvalue weighted by atomic mass is 79.9. The van der Waals surface area contributed by atoms with Gasteiger partial charge < -0.3 is 9.84 Å². The summed E-state index contributed by atoms with van der Waals surface area (Å²) in [5.74, 6) is 0.434. The van der Waals surface area contributed by atoms with Crippen molar-refractivity contribution in [1.29, 1.82) is 0 Å². The molecule has 2 aromatic rings. The fraction of sp³-hybridized carbons (Fsp3) is 0.294. The molecule has 0 aromatic heterocycles. The quantitative estimate of drug-likeness (QED) is 0.885. The van der Waals surface area contributed by atoms with Crippen molar-refractivity contribution in [2.75, 3.05) is 7.11 Å². The second-order valence-corrected chi connectivity index (χ2v) is 6.24. The van der Waals surface area contributed by atoms with Gasteiger partial charge in [0.2, 0.25) is 0 Å². The van der Waals surface area contributed by atoms with Crippen LogP contribution in [0.2, 0.25) is 0 Å². The minimum atomic E-state index is -1.14. The van der Waals surface area contributed by atoms with Crippen LogP contribution in [-0.2, 0) is 12.0 Å². The highest BCUT2D eigenvalue weighted by molar-refractivity contribution is 9.10. The molecule has 2 aromatic carbocycles. The van der Waals surface area contributed by atoms with Crippen LogP contribution in [0.3, 0.4) is 0 Å². The molecule has 4 heteroatoms. The molecular formula is C17H18BrFO2. The number of hydrogen-bond donors (Lipinski definition) is 1. The van der Waals surface area contributed by atoms with E-state index in [9.17, 15) is 9.50 Å². The Morgan fingerprint density at radius 3 is 2.52 bits per heavy atom. The number of aryl methyl sites for hydroxylation is 1. The Morgan fingerprint density at radius 2 is 1.95 bits per heavy atom. The third-order valence-electron chi connectivity index (χ3n) is 3.56. The molecule has 1 atom stereocenters. The number of ether oxygens (including phenoxy) is 1. The van der Waals surface area contributed by atoms with Crippen molar-refractivity contribution in [3.63, 3.8) is 0 Å². The molecule has 0 aliphatic heterocycles. The Hall–Kier alpha value is -1.39. The van der Waals surface area contributed by atoms with E-state index < -0.39 is 5.60 Å². The fourth-order valence-corrected chi connectivity index (χ4v) is 2.84. The van der Waals surface area contributed by atoms with Crippen molar-refractivity contribution in [2.45, 2.75) is 25.9 Å². The van der Waals surface area contributed by atoms with Gasteiger partial charge in [-0.15, -0.1) is 0 Å². The standard InChI is InChI=1S/C17H18BrFO2/c1-11-4-6-13(9-15(11)19)17(2,20)10-12-5-7-16(21-3)14(18)8-12/h4-9,20H,10H2,1-3H3. The van der Waals surface area contributed by atoms with E-state index in [-0.39, 0.29) is 5.82 Å². The first kappa shape index (κ1) is 16.0. The van der Waals surface area contributed by atoms with Crippen molar-refractivity contribution >= 4 is 15.9 Å². The van der Waals surface area contributed by atoms with E-state index in [0.29, 0.717) is 17.5 Å². The first-order valence-corrected chi connectivity index (χ1v) is 7.44. The Balaban J connectivity index is 2.27. The van der Waals surface area contributed by atoms with E-state index in [1.165, 1.54) is 6.07 Å². The average molecular weight is 353 g/mol. The van der Waals surface area contributed by atoms with E-state index in [1.54, 1.807) is 33.1 Å². The van der Waals surface area contributed by atoms with Crippen LogP contribution in [0, 0.1) is 12.7 Å². The molecule has 0 amide bonds. The molecule has 0 saturated heterocycles. The first-order valence-electron chi connectivity index (χ1n) is 6.65. The first-order chi connectivity index (χ1) is 9.83. The van der Waals surface area contributed by atoms with Gasteiger partial charge in [0.05, 0.1) is 17.2 Å². The molecule has 0 fully saturated rings. The van der Waals surface area contributed by atoms with Gasteiger partial charge in [-0.25, -0.2) is 4.39 Å². The van der Waals surface area contributed by atoms with Crippen LogP contribution in [0.25, 0.3) is 0 Å². The van der Waals surface area contributed by atoms with Gasteiger partial charge in [0, 0.05) is 6.42 Å². The summed E-state index contributed by atoms with van der Waals surface area (Å²) in [7, 11) is 1.60. The third-order valence-corrected chi connectivity index (χ3v) is 4.18. The second kappa shape index (κ2) is 6.16. The topological polar surface area (TPSA) is 29.5 Å². The van der Waals surface area contributed by atoms with Gasteiger partial charge in [0.15, 0.2) is 0 Å². The van der Waals surface area contributed by atoms with Gasteiger partial charge in [-0.2, -0.15) is 0 Å². The highest BCUT2D eigenvalue weighted by Gasteiger charge is 2.24. The zero-order valence-electron chi connectivity index (χ0n) is 12.3. The summed E-state index contributed by atoms with van der Waals surface area (Å²) in [5.41, 5.74) is 0.940. The molecule has 21 heavy (non-hydrogen) atoms. The summed E-state index contributed by atoms with van der Waals surface area (Å²) in [6.07, 6.45) is 0.387. The van der Waals surface area contributed by atoms with Crippen molar-refractivity contribution in [1.82, 2.24) is 0 Å². The predicted octanol–water partition coefficient (Wildman–Crippen LogP) is 4.36. The van der Waals surface area contributed by atoms with E-state index in [2.05, 4.69) is 15.9 Å². The molecule has 0 aliphatic rings. The number of rotatable bonds is 4. The molecule has 2 nitrogen and oxygen atoms in total. The highest BCUT2D eigenvalue weighted by Crippen LogP contribution is 2.30. The van der Waals surface area contributed by atoms with E-state index in [1.807, 2.05) is 18.2 Å². The van der Waals surface area contributed by atoms with Crippen LogP contribution in [0.4, 0.5) is 4.39 Å². The summed E-state index contributed by atoms with van der Waals surface area (Å²) in [6, 6.07) is 10.5.